The van der Waals surface area contributed by atoms with Crippen molar-refractivity contribution in [2.45, 2.75) is 25.7 Å². The summed E-state index contributed by atoms with van der Waals surface area (Å²) in [6, 6.07) is 12.9. The van der Waals surface area contributed by atoms with Gasteiger partial charge in [0, 0.05) is 37.4 Å². The fraction of sp³-hybridized carbons (Fsp3) is 0.333. The SMILES string of the molecule is O=C(c1ccccc1)C1CCN(C(=O)CCc2nc(-c3ccco3)no2)CC1. The maximum atomic E-state index is 12.5. The van der Waals surface area contributed by atoms with Gasteiger partial charge in [-0.25, -0.2) is 0 Å². The second-order valence-corrected chi connectivity index (χ2v) is 6.87. The molecule has 1 aliphatic heterocycles. The van der Waals surface area contributed by atoms with Gasteiger partial charge in [0.1, 0.15) is 0 Å². The topological polar surface area (TPSA) is 89.4 Å². The van der Waals surface area contributed by atoms with Crippen LogP contribution in [0.25, 0.3) is 11.6 Å². The van der Waals surface area contributed by atoms with Crippen molar-refractivity contribution >= 4 is 11.7 Å². The number of aryl methyl sites for hydroxylation is 1. The van der Waals surface area contributed by atoms with E-state index >= 15 is 0 Å². The highest BCUT2D eigenvalue weighted by molar-refractivity contribution is 5.98. The van der Waals surface area contributed by atoms with E-state index in [-0.39, 0.29) is 17.6 Å². The molecule has 1 fully saturated rings. The minimum Gasteiger partial charge on any atom is -0.461 e. The number of nitrogens with zero attached hydrogens (tertiary/aromatic N) is 3. The molecule has 1 saturated heterocycles. The van der Waals surface area contributed by atoms with Crippen molar-refractivity contribution < 1.29 is 18.5 Å². The van der Waals surface area contributed by atoms with Crippen LogP contribution in [0.4, 0.5) is 0 Å². The van der Waals surface area contributed by atoms with E-state index < -0.39 is 0 Å². The van der Waals surface area contributed by atoms with Crippen molar-refractivity contribution in [1.29, 1.82) is 0 Å². The minimum atomic E-state index is -0.0155. The number of furan rings is 1. The van der Waals surface area contributed by atoms with E-state index in [0.29, 0.717) is 56.2 Å². The van der Waals surface area contributed by atoms with E-state index in [1.807, 2.05) is 35.2 Å². The predicted molar refractivity (Wildman–Crippen MR) is 100 cm³/mol. The summed E-state index contributed by atoms with van der Waals surface area (Å²) in [5.41, 5.74) is 0.746. The van der Waals surface area contributed by atoms with Gasteiger partial charge >= 0.3 is 0 Å². The highest BCUT2D eigenvalue weighted by Crippen LogP contribution is 2.23. The third kappa shape index (κ3) is 4.03. The summed E-state index contributed by atoms with van der Waals surface area (Å²) in [4.78, 5) is 31.1. The molecule has 7 nitrogen and oxygen atoms in total. The zero-order valence-electron chi connectivity index (χ0n) is 15.4. The number of benzene rings is 1. The zero-order valence-corrected chi connectivity index (χ0v) is 15.4. The van der Waals surface area contributed by atoms with Crippen LogP contribution in [-0.2, 0) is 11.2 Å². The van der Waals surface area contributed by atoms with Gasteiger partial charge in [-0.1, -0.05) is 35.5 Å². The Labute approximate surface area is 162 Å². The van der Waals surface area contributed by atoms with Crippen molar-refractivity contribution in [3.8, 4) is 11.6 Å². The monoisotopic (exact) mass is 379 g/mol. The fourth-order valence-electron chi connectivity index (χ4n) is 3.46. The van der Waals surface area contributed by atoms with Crippen LogP contribution in [0.1, 0.15) is 35.5 Å². The average molecular weight is 379 g/mol. The molecule has 0 radical (unpaired) electrons. The number of aromatic nitrogens is 2. The van der Waals surface area contributed by atoms with Gasteiger partial charge in [-0.2, -0.15) is 4.98 Å². The summed E-state index contributed by atoms with van der Waals surface area (Å²) in [5.74, 6) is 1.53. The number of likely N-dealkylation sites (tertiary alicyclic amines) is 1. The van der Waals surface area contributed by atoms with E-state index in [9.17, 15) is 9.59 Å². The maximum absolute atomic E-state index is 12.5. The molecule has 3 heterocycles. The van der Waals surface area contributed by atoms with E-state index in [1.54, 1.807) is 18.4 Å². The molecular weight excluding hydrogens is 358 g/mol. The molecule has 0 aliphatic carbocycles. The number of Topliss-reactive ketones (excluding diaryl/α,β-unsaturated/α-hetero) is 1. The van der Waals surface area contributed by atoms with E-state index in [1.165, 1.54) is 0 Å². The molecule has 4 rings (SSSR count). The number of hydrogen-bond donors (Lipinski definition) is 0. The molecule has 0 N–H and O–H groups in total. The van der Waals surface area contributed by atoms with Crippen LogP contribution in [-0.4, -0.2) is 39.8 Å². The van der Waals surface area contributed by atoms with Gasteiger partial charge in [0.2, 0.25) is 17.6 Å². The Kier molecular flexibility index (Phi) is 5.32. The van der Waals surface area contributed by atoms with Gasteiger partial charge in [0.25, 0.3) is 0 Å². The first-order valence-electron chi connectivity index (χ1n) is 9.44. The van der Waals surface area contributed by atoms with Gasteiger partial charge in [-0.15, -0.1) is 0 Å². The molecule has 1 aliphatic rings. The lowest BCUT2D eigenvalue weighted by Crippen LogP contribution is -2.40. The molecule has 28 heavy (non-hydrogen) atoms. The van der Waals surface area contributed by atoms with Crippen molar-refractivity contribution in [1.82, 2.24) is 15.0 Å². The second kappa shape index (κ2) is 8.21. The molecule has 1 aromatic carbocycles. The summed E-state index contributed by atoms with van der Waals surface area (Å²) in [7, 11) is 0. The molecule has 7 heteroatoms. The van der Waals surface area contributed by atoms with Gasteiger partial charge < -0.3 is 13.8 Å². The summed E-state index contributed by atoms with van der Waals surface area (Å²) < 4.78 is 10.4. The van der Waals surface area contributed by atoms with E-state index in [2.05, 4.69) is 10.1 Å². The number of hydrogen-bond acceptors (Lipinski definition) is 6. The highest BCUT2D eigenvalue weighted by atomic mass is 16.5. The van der Waals surface area contributed by atoms with Crippen LogP contribution in [0, 0.1) is 5.92 Å². The van der Waals surface area contributed by atoms with Gasteiger partial charge in [0.05, 0.1) is 6.26 Å². The van der Waals surface area contributed by atoms with Gasteiger partial charge in [-0.05, 0) is 25.0 Å². The largest absolute Gasteiger partial charge is 0.461 e. The third-order valence-corrected chi connectivity index (χ3v) is 5.04. The lowest BCUT2D eigenvalue weighted by atomic mass is 9.89. The summed E-state index contributed by atoms with van der Waals surface area (Å²) in [6.07, 6.45) is 3.62. The third-order valence-electron chi connectivity index (χ3n) is 5.04. The number of amides is 1. The first-order valence-corrected chi connectivity index (χ1v) is 9.44. The molecule has 1 amide bonds. The predicted octanol–water partition coefficient (Wildman–Crippen LogP) is 3.38. The molecule has 0 unspecified atom stereocenters. The Balaban J connectivity index is 1.26. The number of rotatable bonds is 6. The number of piperidine rings is 1. The lowest BCUT2D eigenvalue weighted by Gasteiger charge is -2.31. The molecule has 0 atom stereocenters. The molecule has 0 spiro atoms. The van der Waals surface area contributed by atoms with Crippen LogP contribution in [0.3, 0.4) is 0 Å². The summed E-state index contributed by atoms with van der Waals surface area (Å²) in [6.45, 7) is 1.20. The molecule has 144 valence electrons. The van der Waals surface area contributed by atoms with Crippen LogP contribution in [0.5, 0.6) is 0 Å². The molecular formula is C21H21N3O4. The Morgan fingerprint density at radius 2 is 1.86 bits per heavy atom. The normalized spacial score (nSPS) is 14.9. The quantitative estimate of drug-likeness (QED) is 0.610. The van der Waals surface area contributed by atoms with Crippen LogP contribution in [0.15, 0.2) is 57.7 Å². The van der Waals surface area contributed by atoms with Gasteiger partial charge in [0.15, 0.2) is 11.5 Å². The first-order chi connectivity index (χ1) is 13.7. The van der Waals surface area contributed by atoms with Crippen LogP contribution >= 0.6 is 0 Å². The molecule has 3 aromatic rings. The Hall–Kier alpha value is -3.22. The Bertz CT molecular complexity index is 926. The highest BCUT2D eigenvalue weighted by Gasteiger charge is 2.28. The Morgan fingerprint density at radius 3 is 2.57 bits per heavy atom. The van der Waals surface area contributed by atoms with Crippen LogP contribution < -0.4 is 0 Å². The van der Waals surface area contributed by atoms with Crippen LogP contribution in [0.2, 0.25) is 0 Å². The fourth-order valence-corrected chi connectivity index (χ4v) is 3.46. The lowest BCUT2D eigenvalue weighted by molar-refractivity contribution is -0.132. The minimum absolute atomic E-state index is 0.0155. The number of carbonyl (C=O) groups is 2. The number of carbonyl (C=O) groups excluding carboxylic acids is 2. The van der Waals surface area contributed by atoms with E-state index in [0.717, 1.165) is 5.56 Å². The maximum Gasteiger partial charge on any atom is 0.238 e. The Morgan fingerprint density at radius 1 is 1.07 bits per heavy atom. The summed E-state index contributed by atoms with van der Waals surface area (Å²) in [5, 5.41) is 3.87. The standard InChI is InChI=1S/C21H21N3O4/c25-19(9-8-18-22-21(23-28-18)17-7-4-14-27-17)24-12-10-16(11-13-24)20(26)15-5-2-1-3-6-15/h1-7,14,16H,8-13H2. The summed E-state index contributed by atoms with van der Waals surface area (Å²) >= 11 is 0. The first kappa shape index (κ1) is 18.2. The smallest absolute Gasteiger partial charge is 0.238 e. The van der Waals surface area contributed by atoms with Crippen molar-refractivity contribution in [2.24, 2.45) is 5.92 Å². The average Bonchev–Trinajstić information content (AvgIpc) is 3.44. The van der Waals surface area contributed by atoms with Crippen molar-refractivity contribution in [3.05, 3.63) is 60.2 Å². The van der Waals surface area contributed by atoms with Crippen molar-refractivity contribution in [2.75, 3.05) is 13.1 Å². The van der Waals surface area contributed by atoms with Gasteiger partial charge in [-0.3, -0.25) is 9.59 Å². The molecule has 2 aromatic heterocycles. The second-order valence-electron chi connectivity index (χ2n) is 6.87. The molecule has 0 bridgehead atoms. The molecule has 0 saturated carbocycles. The van der Waals surface area contributed by atoms with Crippen molar-refractivity contribution in [3.63, 3.8) is 0 Å². The zero-order chi connectivity index (χ0) is 19.3. The van der Waals surface area contributed by atoms with E-state index in [4.69, 9.17) is 8.94 Å². The number of ketones is 1.